The Morgan fingerprint density at radius 3 is 1.95 bits per heavy atom. The number of ether oxygens (including phenoxy) is 9. The highest BCUT2D eigenvalue weighted by Gasteiger charge is 2.57. The first kappa shape index (κ1) is 50.1. The second-order valence-corrected chi connectivity index (χ2v) is 19.2. The molecule has 4 fully saturated rings. The highest BCUT2D eigenvalue weighted by Crippen LogP contribution is 2.51. The number of fused-ring (bicyclic) bond motifs is 1. The molecule has 4 rings (SSSR count). The van der Waals surface area contributed by atoms with Crippen molar-refractivity contribution in [2.45, 2.75) is 194 Å². The number of ketones is 2. The van der Waals surface area contributed by atoms with Crippen molar-refractivity contribution in [1.82, 2.24) is 4.90 Å². The van der Waals surface area contributed by atoms with Gasteiger partial charge in [-0.1, -0.05) is 34.6 Å². The number of likely N-dealkylation sites (N-methyl/N-ethyl adjacent to an activating group) is 1. The van der Waals surface area contributed by atoms with Crippen LogP contribution in [0.1, 0.15) is 122 Å². The molecule has 1 saturated carbocycles. The molecule has 3 aliphatic heterocycles. The number of methoxy groups -OCH3 is 2. The van der Waals surface area contributed by atoms with Gasteiger partial charge in [0, 0.05) is 70.5 Å². The van der Waals surface area contributed by atoms with Gasteiger partial charge < -0.3 is 47.5 Å². The topological polar surface area (TPSA) is 172 Å². The van der Waals surface area contributed by atoms with E-state index in [1.54, 1.807) is 21.0 Å². The first-order chi connectivity index (χ1) is 27.9. The lowest BCUT2D eigenvalue weighted by atomic mass is 9.66. The highest BCUT2D eigenvalue weighted by molar-refractivity contribution is 5.87. The van der Waals surface area contributed by atoms with Crippen LogP contribution in [0.2, 0.25) is 0 Å². The monoisotopic (exact) mass is 854 g/mol. The Morgan fingerprint density at radius 2 is 1.40 bits per heavy atom. The van der Waals surface area contributed by atoms with Gasteiger partial charge in [-0.3, -0.25) is 24.0 Å². The van der Waals surface area contributed by atoms with Crippen LogP contribution in [0.5, 0.6) is 0 Å². The molecule has 0 amide bonds. The number of carbonyl (C=O) groups is 5. The summed E-state index contributed by atoms with van der Waals surface area (Å²) in [5, 5.41) is 0. The van der Waals surface area contributed by atoms with Crippen LogP contribution in [0.25, 0.3) is 0 Å². The molecule has 0 aromatic heterocycles. The molecule has 3 heterocycles. The van der Waals surface area contributed by atoms with Crippen LogP contribution in [0.4, 0.5) is 0 Å². The minimum Gasteiger partial charge on any atom is -0.461 e. The smallest absolute Gasteiger partial charge is 0.311 e. The largest absolute Gasteiger partial charge is 0.461 e. The fourth-order valence-electron chi connectivity index (χ4n) is 10.9. The third-order valence-corrected chi connectivity index (χ3v) is 14.3. The van der Waals surface area contributed by atoms with Crippen molar-refractivity contribution >= 4 is 29.5 Å². The van der Waals surface area contributed by atoms with E-state index in [1.165, 1.54) is 21.0 Å². The Morgan fingerprint density at radius 1 is 0.800 bits per heavy atom. The maximum Gasteiger partial charge on any atom is 0.311 e. The lowest BCUT2D eigenvalue weighted by Gasteiger charge is -2.50. The number of carbonyl (C=O) groups excluding carboxylic acids is 5. The molecule has 0 bridgehead atoms. The molecule has 60 heavy (non-hydrogen) atoms. The van der Waals surface area contributed by atoms with E-state index in [0.29, 0.717) is 12.8 Å². The zero-order valence-corrected chi connectivity index (χ0v) is 39.1. The van der Waals surface area contributed by atoms with E-state index in [9.17, 15) is 24.0 Å². The zero-order valence-electron chi connectivity index (χ0n) is 39.1. The van der Waals surface area contributed by atoms with E-state index in [0.717, 1.165) is 0 Å². The molecular formula is C45H75NO14. The van der Waals surface area contributed by atoms with Crippen LogP contribution in [-0.4, -0.2) is 135 Å². The molecule has 0 aromatic rings. The van der Waals surface area contributed by atoms with E-state index in [-0.39, 0.29) is 55.3 Å². The summed E-state index contributed by atoms with van der Waals surface area (Å²) < 4.78 is 57.5. The highest BCUT2D eigenvalue weighted by atomic mass is 16.7. The van der Waals surface area contributed by atoms with Crippen molar-refractivity contribution < 1.29 is 66.6 Å². The molecular weight excluding hydrogens is 778 g/mol. The van der Waals surface area contributed by atoms with Gasteiger partial charge in [0.05, 0.1) is 42.0 Å². The van der Waals surface area contributed by atoms with E-state index in [1.807, 2.05) is 74.4 Å². The summed E-state index contributed by atoms with van der Waals surface area (Å²) in [6.07, 6.45) is -5.48. The van der Waals surface area contributed by atoms with Gasteiger partial charge in [0.15, 0.2) is 24.8 Å². The van der Waals surface area contributed by atoms with E-state index in [4.69, 9.17) is 42.6 Å². The summed E-state index contributed by atoms with van der Waals surface area (Å²) in [5.74, 6) is -4.63. The fourth-order valence-corrected chi connectivity index (χ4v) is 10.9. The van der Waals surface area contributed by atoms with Gasteiger partial charge in [0.25, 0.3) is 0 Å². The molecule has 0 spiro atoms. The predicted octanol–water partition coefficient (Wildman–Crippen LogP) is 5.45. The molecule has 0 N–H and O–H groups in total. The minimum absolute atomic E-state index is 0.0311. The molecule has 15 nitrogen and oxygen atoms in total. The average molecular weight is 854 g/mol. The number of rotatable bonds is 10. The first-order valence-electron chi connectivity index (χ1n) is 21.8. The molecule has 3 saturated heterocycles. The maximum absolute atomic E-state index is 14.7. The third kappa shape index (κ3) is 10.6. The van der Waals surface area contributed by atoms with E-state index in [2.05, 4.69) is 0 Å². The van der Waals surface area contributed by atoms with Gasteiger partial charge in [0.2, 0.25) is 0 Å². The van der Waals surface area contributed by atoms with Crippen LogP contribution < -0.4 is 0 Å². The number of hydrogen-bond donors (Lipinski definition) is 0. The number of esters is 3. The third-order valence-electron chi connectivity index (χ3n) is 14.3. The normalized spacial score (nSPS) is 44.8. The van der Waals surface area contributed by atoms with E-state index < -0.39 is 107 Å². The summed E-state index contributed by atoms with van der Waals surface area (Å²) in [5.41, 5.74) is -3.04. The second kappa shape index (κ2) is 19.9. The Kier molecular flexibility index (Phi) is 16.6. The summed E-state index contributed by atoms with van der Waals surface area (Å²) >= 11 is 0. The first-order valence-corrected chi connectivity index (χ1v) is 21.8. The lowest BCUT2D eigenvalue weighted by molar-refractivity contribution is -0.320. The van der Waals surface area contributed by atoms with Crippen molar-refractivity contribution in [2.24, 2.45) is 35.0 Å². The van der Waals surface area contributed by atoms with Gasteiger partial charge in [-0.05, 0) is 73.9 Å². The van der Waals surface area contributed by atoms with Gasteiger partial charge in [-0.15, -0.1) is 0 Å². The summed E-state index contributed by atoms with van der Waals surface area (Å²) in [6, 6.07) is -0.268. The Balaban J connectivity index is 1.91. The predicted molar refractivity (Wildman–Crippen MR) is 219 cm³/mol. The second-order valence-electron chi connectivity index (χ2n) is 19.2. The maximum atomic E-state index is 14.7. The quantitative estimate of drug-likeness (QED) is 0.200. The number of hydrogen-bond acceptors (Lipinski definition) is 15. The van der Waals surface area contributed by atoms with E-state index >= 15 is 0 Å². The summed E-state index contributed by atoms with van der Waals surface area (Å²) in [6.45, 7) is 21.3. The number of cyclic esters (lactones) is 1. The molecule has 344 valence electrons. The van der Waals surface area contributed by atoms with Crippen molar-refractivity contribution in [3.05, 3.63) is 0 Å². The van der Waals surface area contributed by atoms with Crippen LogP contribution in [0, 0.1) is 35.0 Å². The molecule has 1 aliphatic carbocycles. The number of Topliss-reactive ketones (excluding diaryl/α,β-unsaturated/α-hetero) is 2. The molecule has 1 unspecified atom stereocenters. The van der Waals surface area contributed by atoms with Crippen LogP contribution in [0.3, 0.4) is 0 Å². The Labute approximate surface area is 357 Å². The SMILES string of the molecule is CC[C@H]1OC(=O)[C@H](C)[C@@H](O[C@H]2C[C@@](C)(OC)[C@@H](OC(C)=O)[C@H](C)O2)[C@H](C)C(O[C@@H]2O[C@H](C)C[C@H](N(C)C)[C@H]2OC(C)=O)[C@](C)(OC)C[C@@H](C)C(=O)[C@H](C)[C@H]2CC(=O)C[C@@]21C. The molecule has 0 aromatic carbocycles. The molecule has 0 radical (unpaired) electrons. The minimum atomic E-state index is -1.23. The van der Waals surface area contributed by atoms with Gasteiger partial charge in [-0.2, -0.15) is 0 Å². The fraction of sp³-hybridized carbons (Fsp3) is 0.889. The van der Waals surface area contributed by atoms with Gasteiger partial charge in [0.1, 0.15) is 23.3 Å². The Bertz CT molecular complexity index is 1540. The molecule has 18 atom stereocenters. The number of nitrogens with zero attached hydrogens (tertiary/aromatic N) is 1. The lowest BCUT2D eigenvalue weighted by Crippen LogP contribution is -2.61. The summed E-state index contributed by atoms with van der Waals surface area (Å²) in [4.78, 5) is 69.3. The van der Waals surface area contributed by atoms with Crippen molar-refractivity contribution in [2.75, 3.05) is 28.3 Å². The van der Waals surface area contributed by atoms with Crippen LogP contribution >= 0.6 is 0 Å². The van der Waals surface area contributed by atoms with Gasteiger partial charge >= 0.3 is 17.9 Å². The molecule has 15 heteroatoms. The average Bonchev–Trinajstić information content (AvgIpc) is 3.48. The van der Waals surface area contributed by atoms with Crippen molar-refractivity contribution in [1.29, 1.82) is 0 Å². The Hall–Kier alpha value is -2.53. The standard InChI is InChI=1S/C45H75NO14/c1-17-34-43(10)21-31(49)19-32(43)25(4)36(50)23(2)20-44(11,52-15)39(60-42-38(56-29(8)47)33(46(13)14)18-24(3)54-42)26(5)37(27(6)41(51)58-34)59-35-22-45(12,53-16)40(28(7)55-35)57-30(9)48/h23-28,32-35,37-40,42H,17-22H2,1-16H3/t23-,24-,25-,26+,27-,28+,32-,33+,34-,35+,37+,38-,39?,40+,42+,43+,44-,45-/m1/s1. The van der Waals surface area contributed by atoms with Crippen LogP contribution in [0.15, 0.2) is 0 Å². The summed E-state index contributed by atoms with van der Waals surface area (Å²) in [7, 11) is 6.90. The van der Waals surface area contributed by atoms with Gasteiger partial charge in [-0.25, -0.2) is 0 Å². The zero-order chi connectivity index (χ0) is 45.2. The van der Waals surface area contributed by atoms with Crippen LogP contribution in [-0.2, 0) is 66.6 Å². The van der Waals surface area contributed by atoms with Crippen molar-refractivity contribution in [3.8, 4) is 0 Å². The van der Waals surface area contributed by atoms with Crippen molar-refractivity contribution in [3.63, 3.8) is 0 Å². The molecule has 4 aliphatic rings.